The molecule has 0 saturated carbocycles. The smallest absolute Gasteiger partial charge is 0.156 e. The molecule has 0 aromatic heterocycles. The van der Waals surface area contributed by atoms with E-state index in [0.29, 0.717) is 0 Å². The SMILES string of the molecule is CCC(C(N)=NO)N(C)Cc1ccccc1C. The average Bonchev–Trinajstić information content (AvgIpc) is 2.32. The summed E-state index contributed by atoms with van der Waals surface area (Å²) in [5, 5.41) is 11.8. The van der Waals surface area contributed by atoms with Crippen LogP contribution in [0.2, 0.25) is 0 Å². The van der Waals surface area contributed by atoms with Gasteiger partial charge in [-0.3, -0.25) is 4.90 Å². The number of hydrogen-bond acceptors (Lipinski definition) is 3. The van der Waals surface area contributed by atoms with Gasteiger partial charge >= 0.3 is 0 Å². The van der Waals surface area contributed by atoms with Gasteiger partial charge in [0.05, 0.1) is 6.04 Å². The maximum absolute atomic E-state index is 8.74. The number of oxime groups is 1. The van der Waals surface area contributed by atoms with E-state index in [1.54, 1.807) is 0 Å². The summed E-state index contributed by atoms with van der Waals surface area (Å²) in [5.41, 5.74) is 8.20. The molecule has 0 amide bonds. The summed E-state index contributed by atoms with van der Waals surface area (Å²) < 4.78 is 0. The van der Waals surface area contributed by atoms with E-state index in [4.69, 9.17) is 10.9 Å². The molecule has 0 spiro atoms. The van der Waals surface area contributed by atoms with Gasteiger partial charge in [0, 0.05) is 6.54 Å². The zero-order valence-electron chi connectivity index (χ0n) is 10.7. The van der Waals surface area contributed by atoms with Crippen molar-refractivity contribution in [1.82, 2.24) is 4.90 Å². The minimum atomic E-state index is -0.0281. The summed E-state index contributed by atoms with van der Waals surface area (Å²) in [7, 11) is 1.98. The minimum absolute atomic E-state index is 0.0281. The van der Waals surface area contributed by atoms with Crippen molar-refractivity contribution in [1.29, 1.82) is 0 Å². The molecule has 1 aromatic rings. The molecule has 1 rings (SSSR count). The third kappa shape index (κ3) is 3.46. The monoisotopic (exact) mass is 235 g/mol. The predicted molar refractivity (Wildman–Crippen MR) is 70.1 cm³/mol. The second kappa shape index (κ2) is 6.25. The quantitative estimate of drug-likeness (QED) is 0.355. The molecule has 4 nitrogen and oxygen atoms in total. The van der Waals surface area contributed by atoms with Gasteiger partial charge in [0.1, 0.15) is 0 Å². The molecule has 0 radical (unpaired) electrons. The molecule has 0 heterocycles. The topological polar surface area (TPSA) is 61.9 Å². The Bertz CT molecular complexity index is 390. The summed E-state index contributed by atoms with van der Waals surface area (Å²) in [6.07, 6.45) is 0.818. The van der Waals surface area contributed by atoms with Crippen LogP contribution in [0, 0.1) is 6.92 Å². The van der Waals surface area contributed by atoms with Crippen LogP contribution in [0.1, 0.15) is 24.5 Å². The molecule has 1 unspecified atom stereocenters. The summed E-state index contributed by atoms with van der Waals surface area (Å²) in [6, 6.07) is 8.22. The molecule has 3 N–H and O–H groups in total. The van der Waals surface area contributed by atoms with Gasteiger partial charge in [-0.05, 0) is 31.5 Å². The minimum Gasteiger partial charge on any atom is -0.409 e. The Morgan fingerprint density at radius 2 is 2.12 bits per heavy atom. The lowest BCUT2D eigenvalue weighted by atomic mass is 10.1. The lowest BCUT2D eigenvalue weighted by molar-refractivity contribution is 0.264. The molecule has 0 saturated heterocycles. The van der Waals surface area contributed by atoms with E-state index in [1.165, 1.54) is 11.1 Å². The van der Waals surface area contributed by atoms with Crippen LogP contribution in [0.25, 0.3) is 0 Å². The Morgan fingerprint density at radius 3 is 2.65 bits per heavy atom. The van der Waals surface area contributed by atoms with Crippen molar-refractivity contribution in [2.75, 3.05) is 7.05 Å². The van der Waals surface area contributed by atoms with E-state index in [0.717, 1.165) is 13.0 Å². The summed E-state index contributed by atoms with van der Waals surface area (Å²) >= 11 is 0. The molecule has 17 heavy (non-hydrogen) atoms. The highest BCUT2D eigenvalue weighted by atomic mass is 16.4. The van der Waals surface area contributed by atoms with Crippen LogP contribution in [0.4, 0.5) is 0 Å². The second-order valence-electron chi connectivity index (χ2n) is 4.29. The lowest BCUT2D eigenvalue weighted by Gasteiger charge is -2.26. The van der Waals surface area contributed by atoms with Crippen molar-refractivity contribution < 1.29 is 5.21 Å². The maximum Gasteiger partial charge on any atom is 0.156 e. The normalized spacial score (nSPS) is 14.0. The standard InChI is InChI=1S/C13H21N3O/c1-4-12(13(14)15-17)16(3)9-11-8-6-5-7-10(11)2/h5-8,12,17H,4,9H2,1-3H3,(H2,14,15). The molecule has 0 bridgehead atoms. The fourth-order valence-corrected chi connectivity index (χ4v) is 1.98. The Hall–Kier alpha value is -1.55. The highest BCUT2D eigenvalue weighted by molar-refractivity contribution is 5.85. The molecular formula is C13H21N3O. The van der Waals surface area contributed by atoms with E-state index in [9.17, 15) is 0 Å². The third-order valence-corrected chi connectivity index (χ3v) is 3.06. The molecule has 0 aliphatic carbocycles. The number of nitrogens with two attached hydrogens (primary N) is 1. The number of hydrogen-bond donors (Lipinski definition) is 2. The first-order valence-corrected chi connectivity index (χ1v) is 5.82. The van der Waals surface area contributed by atoms with Crippen molar-refractivity contribution >= 4 is 5.84 Å². The molecular weight excluding hydrogens is 214 g/mol. The number of rotatable bonds is 5. The van der Waals surface area contributed by atoms with Gasteiger partial charge < -0.3 is 10.9 Å². The van der Waals surface area contributed by atoms with Crippen LogP contribution in [0.3, 0.4) is 0 Å². The number of aryl methyl sites for hydroxylation is 1. The second-order valence-corrected chi connectivity index (χ2v) is 4.29. The van der Waals surface area contributed by atoms with E-state index >= 15 is 0 Å². The van der Waals surface area contributed by atoms with Crippen LogP contribution in [-0.4, -0.2) is 29.0 Å². The molecule has 1 aromatic carbocycles. The first-order chi connectivity index (χ1) is 8.10. The first kappa shape index (κ1) is 13.5. The number of amidine groups is 1. The van der Waals surface area contributed by atoms with Gasteiger partial charge in [-0.25, -0.2) is 0 Å². The van der Waals surface area contributed by atoms with Crippen molar-refractivity contribution in [3.05, 3.63) is 35.4 Å². The predicted octanol–water partition coefficient (Wildman–Crippen LogP) is 1.95. The Kier molecular flexibility index (Phi) is 4.97. The van der Waals surface area contributed by atoms with Gasteiger partial charge in [-0.2, -0.15) is 0 Å². The average molecular weight is 235 g/mol. The molecule has 0 aliphatic rings. The van der Waals surface area contributed by atoms with Crippen molar-refractivity contribution in [3.63, 3.8) is 0 Å². The largest absolute Gasteiger partial charge is 0.409 e. The van der Waals surface area contributed by atoms with E-state index in [2.05, 4.69) is 29.1 Å². The van der Waals surface area contributed by atoms with Gasteiger partial charge in [-0.1, -0.05) is 36.3 Å². The number of likely N-dealkylation sites (N-methyl/N-ethyl adjacent to an activating group) is 1. The van der Waals surface area contributed by atoms with Gasteiger partial charge in [0.2, 0.25) is 0 Å². The molecule has 4 heteroatoms. The van der Waals surface area contributed by atoms with Crippen molar-refractivity contribution in [2.24, 2.45) is 10.9 Å². The molecule has 0 aliphatic heterocycles. The highest BCUT2D eigenvalue weighted by Crippen LogP contribution is 2.12. The van der Waals surface area contributed by atoms with E-state index in [-0.39, 0.29) is 11.9 Å². The van der Waals surface area contributed by atoms with Gasteiger partial charge in [-0.15, -0.1) is 0 Å². The van der Waals surface area contributed by atoms with Crippen LogP contribution in [-0.2, 0) is 6.54 Å². The number of nitrogens with zero attached hydrogens (tertiary/aromatic N) is 2. The van der Waals surface area contributed by atoms with E-state index in [1.807, 2.05) is 26.1 Å². The van der Waals surface area contributed by atoms with Crippen LogP contribution < -0.4 is 5.73 Å². The Morgan fingerprint density at radius 1 is 1.47 bits per heavy atom. The molecule has 0 fully saturated rings. The molecule has 94 valence electrons. The van der Waals surface area contributed by atoms with Crippen LogP contribution in [0.5, 0.6) is 0 Å². The van der Waals surface area contributed by atoms with Crippen molar-refractivity contribution in [3.8, 4) is 0 Å². The highest BCUT2D eigenvalue weighted by Gasteiger charge is 2.17. The Labute approximate surface area is 103 Å². The molecule has 1 atom stereocenters. The van der Waals surface area contributed by atoms with Gasteiger partial charge in [0.15, 0.2) is 5.84 Å². The summed E-state index contributed by atoms with van der Waals surface area (Å²) in [5.74, 6) is 0.267. The first-order valence-electron chi connectivity index (χ1n) is 5.82. The number of benzene rings is 1. The Balaban J connectivity index is 2.78. The zero-order chi connectivity index (χ0) is 12.8. The third-order valence-electron chi connectivity index (χ3n) is 3.06. The van der Waals surface area contributed by atoms with E-state index < -0.39 is 0 Å². The van der Waals surface area contributed by atoms with Crippen molar-refractivity contribution in [2.45, 2.75) is 32.9 Å². The zero-order valence-corrected chi connectivity index (χ0v) is 10.7. The fourth-order valence-electron chi connectivity index (χ4n) is 1.98. The van der Waals surface area contributed by atoms with Gasteiger partial charge in [0.25, 0.3) is 0 Å². The summed E-state index contributed by atoms with van der Waals surface area (Å²) in [4.78, 5) is 2.09. The van der Waals surface area contributed by atoms with Crippen LogP contribution >= 0.6 is 0 Å². The lowest BCUT2D eigenvalue weighted by Crippen LogP contribution is -2.42. The maximum atomic E-state index is 8.74. The fraction of sp³-hybridized carbons (Fsp3) is 0.462. The van der Waals surface area contributed by atoms with Crippen LogP contribution in [0.15, 0.2) is 29.4 Å². The summed E-state index contributed by atoms with van der Waals surface area (Å²) in [6.45, 7) is 4.91.